The Morgan fingerprint density at radius 2 is 1.71 bits per heavy atom. The summed E-state index contributed by atoms with van der Waals surface area (Å²) in [5.41, 5.74) is 11.1. The Hall–Kier alpha value is -1.67. The van der Waals surface area contributed by atoms with Crippen LogP contribution >= 0.6 is 0 Å². The van der Waals surface area contributed by atoms with Crippen LogP contribution in [0.15, 0.2) is 36.4 Å². The van der Waals surface area contributed by atoms with Crippen molar-refractivity contribution >= 4 is 0 Å². The van der Waals surface area contributed by atoms with Crippen LogP contribution in [0.3, 0.4) is 0 Å². The fourth-order valence-corrected chi connectivity index (χ4v) is 2.11. The van der Waals surface area contributed by atoms with Crippen LogP contribution in [0.4, 0.5) is 4.39 Å². The zero-order valence-electron chi connectivity index (χ0n) is 10.1. The van der Waals surface area contributed by atoms with Crippen molar-refractivity contribution in [3.8, 4) is 11.1 Å². The highest BCUT2D eigenvalue weighted by Crippen LogP contribution is 2.28. The molecule has 0 aliphatic heterocycles. The second-order valence-corrected chi connectivity index (χ2v) is 4.32. The lowest BCUT2D eigenvalue weighted by Gasteiger charge is -2.11. The van der Waals surface area contributed by atoms with Crippen molar-refractivity contribution in [2.75, 3.05) is 0 Å². The van der Waals surface area contributed by atoms with Gasteiger partial charge in [0.05, 0.1) is 0 Å². The van der Waals surface area contributed by atoms with Gasteiger partial charge in [0.25, 0.3) is 0 Å². The summed E-state index contributed by atoms with van der Waals surface area (Å²) in [6, 6.07) is 11.0. The maximum absolute atomic E-state index is 13.2. The van der Waals surface area contributed by atoms with E-state index in [1.54, 1.807) is 6.07 Å². The van der Waals surface area contributed by atoms with Crippen LogP contribution in [-0.2, 0) is 6.54 Å². The lowest BCUT2D eigenvalue weighted by molar-refractivity contribution is 0.625. The number of aryl methyl sites for hydroxylation is 2. The van der Waals surface area contributed by atoms with Crippen LogP contribution < -0.4 is 5.73 Å². The van der Waals surface area contributed by atoms with Crippen molar-refractivity contribution in [2.45, 2.75) is 20.4 Å². The van der Waals surface area contributed by atoms with E-state index in [-0.39, 0.29) is 5.82 Å². The molecule has 1 nitrogen and oxygen atoms in total. The van der Waals surface area contributed by atoms with Gasteiger partial charge in [0.1, 0.15) is 5.82 Å². The van der Waals surface area contributed by atoms with E-state index in [1.165, 1.54) is 23.3 Å². The van der Waals surface area contributed by atoms with E-state index >= 15 is 0 Å². The van der Waals surface area contributed by atoms with E-state index in [2.05, 4.69) is 32.0 Å². The number of halogens is 1. The largest absolute Gasteiger partial charge is 0.326 e. The third-order valence-corrected chi connectivity index (χ3v) is 2.96. The average molecular weight is 229 g/mol. The fourth-order valence-electron chi connectivity index (χ4n) is 2.11. The van der Waals surface area contributed by atoms with E-state index in [4.69, 9.17) is 5.73 Å². The average Bonchev–Trinajstić information content (AvgIpc) is 2.30. The molecule has 2 heteroatoms. The number of nitrogens with two attached hydrogens (primary N) is 1. The normalized spacial score (nSPS) is 10.6. The molecule has 17 heavy (non-hydrogen) atoms. The molecule has 0 saturated heterocycles. The van der Waals surface area contributed by atoms with Crippen LogP contribution in [0.25, 0.3) is 11.1 Å². The summed E-state index contributed by atoms with van der Waals surface area (Å²) in [4.78, 5) is 0. The van der Waals surface area contributed by atoms with Gasteiger partial charge in [0, 0.05) is 6.54 Å². The molecule has 0 aliphatic rings. The number of rotatable bonds is 2. The van der Waals surface area contributed by atoms with Gasteiger partial charge in [-0.3, -0.25) is 0 Å². The van der Waals surface area contributed by atoms with Crippen LogP contribution in [-0.4, -0.2) is 0 Å². The molecule has 2 rings (SSSR count). The Morgan fingerprint density at radius 3 is 2.35 bits per heavy atom. The van der Waals surface area contributed by atoms with Crippen molar-refractivity contribution in [2.24, 2.45) is 5.73 Å². The van der Waals surface area contributed by atoms with Crippen LogP contribution in [0.1, 0.15) is 16.7 Å². The van der Waals surface area contributed by atoms with E-state index in [0.29, 0.717) is 6.54 Å². The third-order valence-electron chi connectivity index (χ3n) is 2.96. The molecule has 0 aliphatic carbocycles. The molecule has 0 spiro atoms. The molecule has 2 aromatic carbocycles. The maximum Gasteiger partial charge on any atom is 0.123 e. The molecular formula is C15H16FN. The fraction of sp³-hybridized carbons (Fsp3) is 0.200. The highest BCUT2D eigenvalue weighted by molar-refractivity contribution is 5.70. The maximum atomic E-state index is 13.2. The number of hydrogen-bond acceptors (Lipinski definition) is 1. The summed E-state index contributed by atoms with van der Waals surface area (Å²) in [6.45, 7) is 4.47. The van der Waals surface area contributed by atoms with Gasteiger partial charge >= 0.3 is 0 Å². The molecule has 0 amide bonds. The molecule has 2 N–H and O–H groups in total. The van der Waals surface area contributed by atoms with Gasteiger partial charge in [0.15, 0.2) is 0 Å². The highest BCUT2D eigenvalue weighted by atomic mass is 19.1. The monoisotopic (exact) mass is 229 g/mol. The zero-order valence-corrected chi connectivity index (χ0v) is 10.1. The lowest BCUT2D eigenvalue weighted by atomic mass is 9.95. The zero-order chi connectivity index (χ0) is 12.4. The quantitative estimate of drug-likeness (QED) is 0.837. The Bertz CT molecular complexity index is 547. The molecule has 0 aromatic heterocycles. The van der Waals surface area contributed by atoms with Crippen molar-refractivity contribution in [3.05, 3.63) is 58.9 Å². The standard InChI is InChI=1S/C15H16FN/c1-10-3-5-14(11(2)7-10)15-6-4-13(16)8-12(15)9-17/h3-8H,9,17H2,1-2H3. The van der Waals surface area contributed by atoms with E-state index in [9.17, 15) is 4.39 Å². The van der Waals surface area contributed by atoms with E-state index in [0.717, 1.165) is 16.7 Å². The van der Waals surface area contributed by atoms with Gasteiger partial charge in [0.2, 0.25) is 0 Å². The van der Waals surface area contributed by atoms with Crippen molar-refractivity contribution in [1.82, 2.24) is 0 Å². The summed E-state index contributed by atoms with van der Waals surface area (Å²) in [5, 5.41) is 0. The molecule has 0 unspecified atom stereocenters. The van der Waals surface area contributed by atoms with Crippen molar-refractivity contribution < 1.29 is 4.39 Å². The Morgan fingerprint density at radius 1 is 1.00 bits per heavy atom. The first-order valence-electron chi connectivity index (χ1n) is 5.68. The summed E-state index contributed by atoms with van der Waals surface area (Å²) >= 11 is 0. The summed E-state index contributed by atoms with van der Waals surface area (Å²) in [7, 11) is 0. The second kappa shape index (κ2) is 4.68. The summed E-state index contributed by atoms with van der Waals surface area (Å²) in [6.07, 6.45) is 0. The van der Waals surface area contributed by atoms with Crippen LogP contribution in [0.5, 0.6) is 0 Å². The molecule has 0 radical (unpaired) electrons. The molecular weight excluding hydrogens is 213 g/mol. The number of hydrogen-bond donors (Lipinski definition) is 1. The summed E-state index contributed by atoms with van der Waals surface area (Å²) in [5.74, 6) is -0.237. The predicted octanol–water partition coefficient (Wildman–Crippen LogP) is 3.57. The number of benzene rings is 2. The van der Waals surface area contributed by atoms with Gasteiger partial charge in [-0.1, -0.05) is 29.8 Å². The Labute approximate surface area is 101 Å². The first-order chi connectivity index (χ1) is 8.11. The van der Waals surface area contributed by atoms with Crippen LogP contribution in [0, 0.1) is 19.7 Å². The second-order valence-electron chi connectivity index (χ2n) is 4.32. The van der Waals surface area contributed by atoms with E-state index < -0.39 is 0 Å². The molecule has 0 atom stereocenters. The third kappa shape index (κ3) is 2.37. The molecule has 0 heterocycles. The first kappa shape index (κ1) is 11.8. The SMILES string of the molecule is Cc1ccc(-c2ccc(F)cc2CN)c(C)c1. The smallest absolute Gasteiger partial charge is 0.123 e. The molecule has 88 valence electrons. The molecule has 2 aromatic rings. The van der Waals surface area contributed by atoms with E-state index in [1.807, 2.05) is 0 Å². The van der Waals surface area contributed by atoms with Gasteiger partial charge < -0.3 is 5.73 Å². The molecule has 0 bridgehead atoms. The minimum atomic E-state index is -0.237. The highest BCUT2D eigenvalue weighted by Gasteiger charge is 2.07. The van der Waals surface area contributed by atoms with Gasteiger partial charge in [-0.25, -0.2) is 4.39 Å². The Balaban J connectivity index is 2.60. The van der Waals surface area contributed by atoms with Crippen molar-refractivity contribution in [1.29, 1.82) is 0 Å². The minimum absolute atomic E-state index is 0.237. The van der Waals surface area contributed by atoms with Crippen molar-refractivity contribution in [3.63, 3.8) is 0 Å². The predicted molar refractivity (Wildman–Crippen MR) is 69.2 cm³/mol. The first-order valence-corrected chi connectivity index (χ1v) is 5.68. The lowest BCUT2D eigenvalue weighted by Crippen LogP contribution is -2.00. The van der Waals surface area contributed by atoms with Gasteiger partial charge in [-0.05, 0) is 48.2 Å². The minimum Gasteiger partial charge on any atom is -0.326 e. The summed E-state index contributed by atoms with van der Waals surface area (Å²) < 4.78 is 13.2. The van der Waals surface area contributed by atoms with Gasteiger partial charge in [-0.2, -0.15) is 0 Å². The van der Waals surface area contributed by atoms with Gasteiger partial charge in [-0.15, -0.1) is 0 Å². The topological polar surface area (TPSA) is 26.0 Å². The Kier molecular flexibility index (Phi) is 3.25. The van der Waals surface area contributed by atoms with Crippen LogP contribution in [0.2, 0.25) is 0 Å². The molecule has 0 fully saturated rings. The molecule has 0 saturated carbocycles.